The van der Waals surface area contributed by atoms with Gasteiger partial charge in [-0.15, -0.1) is 0 Å². The molecule has 0 radical (unpaired) electrons. The number of phenolic OH excluding ortho intramolecular Hbond substituents is 1. The van der Waals surface area contributed by atoms with Gasteiger partial charge >= 0.3 is 0 Å². The van der Waals surface area contributed by atoms with Crippen molar-refractivity contribution < 1.29 is 18.3 Å². The maximum Gasteiger partial charge on any atom is 0.207 e. The average Bonchev–Trinajstić information content (AvgIpc) is 2.70. The molecule has 0 amide bonds. The van der Waals surface area contributed by atoms with Crippen molar-refractivity contribution in [2.75, 3.05) is 6.61 Å². The molecule has 1 heterocycles. The summed E-state index contributed by atoms with van der Waals surface area (Å²) >= 11 is 0. The fraction of sp³-hybridized carbons (Fsp3) is 0.125. The number of aromatic hydroxyl groups is 1. The highest BCUT2D eigenvalue weighted by Gasteiger charge is 2.31. The van der Waals surface area contributed by atoms with Gasteiger partial charge in [-0.05, 0) is 48.4 Å². The average molecular weight is 302 g/mol. The van der Waals surface area contributed by atoms with Crippen LogP contribution in [0.2, 0.25) is 0 Å². The third kappa shape index (κ3) is 2.40. The van der Waals surface area contributed by atoms with E-state index in [0.29, 0.717) is 16.2 Å². The van der Waals surface area contributed by atoms with Crippen LogP contribution < -0.4 is 4.74 Å². The molecule has 0 saturated heterocycles. The molecule has 5 heteroatoms. The zero-order valence-corrected chi connectivity index (χ0v) is 12.2. The second-order valence-electron chi connectivity index (χ2n) is 4.89. The number of fused-ring (bicyclic) bond motifs is 1. The van der Waals surface area contributed by atoms with Crippen molar-refractivity contribution in [2.24, 2.45) is 0 Å². The third-order valence-corrected chi connectivity index (χ3v) is 5.41. The van der Waals surface area contributed by atoms with E-state index >= 15 is 0 Å². The van der Waals surface area contributed by atoms with Crippen molar-refractivity contribution in [2.45, 2.75) is 11.8 Å². The first-order valence-corrected chi connectivity index (χ1v) is 7.94. The van der Waals surface area contributed by atoms with Crippen molar-refractivity contribution >= 4 is 15.9 Å². The van der Waals surface area contributed by atoms with Gasteiger partial charge in [-0.25, -0.2) is 8.42 Å². The van der Waals surface area contributed by atoms with Gasteiger partial charge in [0.2, 0.25) is 9.84 Å². The van der Waals surface area contributed by atoms with Crippen LogP contribution in [-0.4, -0.2) is 20.1 Å². The summed E-state index contributed by atoms with van der Waals surface area (Å²) < 4.78 is 30.5. The minimum atomic E-state index is -3.47. The molecule has 4 nitrogen and oxygen atoms in total. The summed E-state index contributed by atoms with van der Waals surface area (Å²) in [6.07, 6.45) is 1.65. The maximum absolute atomic E-state index is 12.5. The van der Waals surface area contributed by atoms with E-state index in [1.165, 1.54) is 12.1 Å². The molecular formula is C16H14O4S. The van der Waals surface area contributed by atoms with Crippen LogP contribution in [0, 0.1) is 6.92 Å². The summed E-state index contributed by atoms with van der Waals surface area (Å²) in [7, 11) is -3.47. The Morgan fingerprint density at radius 3 is 2.48 bits per heavy atom. The molecule has 0 aliphatic carbocycles. The molecule has 2 aromatic carbocycles. The van der Waals surface area contributed by atoms with E-state index in [1.807, 2.05) is 6.07 Å². The molecule has 0 unspecified atom stereocenters. The number of hydrogen-bond donors (Lipinski definition) is 1. The lowest BCUT2D eigenvalue weighted by molar-refractivity contribution is 0.358. The highest BCUT2D eigenvalue weighted by molar-refractivity contribution is 7.96. The van der Waals surface area contributed by atoms with Crippen molar-refractivity contribution in [3.63, 3.8) is 0 Å². The van der Waals surface area contributed by atoms with Gasteiger partial charge in [-0.3, -0.25) is 0 Å². The van der Waals surface area contributed by atoms with Crippen LogP contribution in [-0.2, 0) is 9.84 Å². The SMILES string of the molecule is Cc1cccc2c1S(=O)(=O)C(COc1ccc(O)cc1)=C2. The van der Waals surface area contributed by atoms with E-state index in [2.05, 4.69) is 0 Å². The summed E-state index contributed by atoms with van der Waals surface area (Å²) in [5, 5.41) is 9.21. The quantitative estimate of drug-likeness (QED) is 0.947. The lowest BCUT2D eigenvalue weighted by Gasteiger charge is -2.08. The van der Waals surface area contributed by atoms with Crippen LogP contribution in [0.3, 0.4) is 0 Å². The zero-order chi connectivity index (χ0) is 15.0. The topological polar surface area (TPSA) is 63.6 Å². The Hall–Kier alpha value is -2.27. The van der Waals surface area contributed by atoms with Crippen LogP contribution in [0.5, 0.6) is 11.5 Å². The Bertz CT molecular complexity index is 818. The number of hydrogen-bond acceptors (Lipinski definition) is 4. The predicted octanol–water partition coefficient (Wildman–Crippen LogP) is 2.91. The van der Waals surface area contributed by atoms with Gasteiger partial charge in [-0.1, -0.05) is 18.2 Å². The molecule has 3 rings (SSSR count). The van der Waals surface area contributed by atoms with E-state index in [0.717, 1.165) is 5.56 Å². The number of benzene rings is 2. The molecule has 0 fully saturated rings. The second kappa shape index (κ2) is 4.93. The monoisotopic (exact) mass is 302 g/mol. The van der Waals surface area contributed by atoms with Gasteiger partial charge in [0.1, 0.15) is 18.1 Å². The van der Waals surface area contributed by atoms with Crippen LogP contribution >= 0.6 is 0 Å². The molecule has 108 valence electrons. The molecule has 0 saturated carbocycles. The van der Waals surface area contributed by atoms with E-state index in [1.54, 1.807) is 37.3 Å². The molecule has 21 heavy (non-hydrogen) atoms. The highest BCUT2D eigenvalue weighted by Crippen LogP contribution is 2.35. The molecule has 2 aromatic rings. The summed E-state index contributed by atoms with van der Waals surface area (Å²) in [4.78, 5) is 0.620. The van der Waals surface area contributed by atoms with Crippen molar-refractivity contribution in [3.8, 4) is 11.5 Å². The van der Waals surface area contributed by atoms with Crippen molar-refractivity contribution in [1.29, 1.82) is 0 Å². The molecule has 0 bridgehead atoms. The minimum absolute atomic E-state index is 0.0266. The van der Waals surface area contributed by atoms with Gasteiger partial charge in [0, 0.05) is 0 Å². The van der Waals surface area contributed by atoms with Crippen molar-refractivity contribution in [1.82, 2.24) is 0 Å². The fourth-order valence-corrected chi connectivity index (χ4v) is 4.04. The van der Waals surface area contributed by atoms with Crippen LogP contribution in [0.15, 0.2) is 52.3 Å². The Morgan fingerprint density at radius 1 is 1.10 bits per heavy atom. The Labute approximate surface area is 123 Å². The first-order valence-electron chi connectivity index (χ1n) is 6.45. The van der Waals surface area contributed by atoms with E-state index < -0.39 is 9.84 Å². The molecular weight excluding hydrogens is 288 g/mol. The molecule has 0 aromatic heterocycles. The lowest BCUT2D eigenvalue weighted by atomic mass is 10.1. The number of sulfone groups is 1. The number of phenols is 1. The van der Waals surface area contributed by atoms with Gasteiger partial charge in [-0.2, -0.15) is 0 Å². The standard InChI is InChI=1S/C16H14O4S/c1-11-3-2-4-12-9-15(21(18,19)16(11)12)10-20-14-7-5-13(17)6-8-14/h2-9,17H,10H2,1H3. The Morgan fingerprint density at radius 2 is 1.81 bits per heavy atom. The Balaban J connectivity index is 1.85. The number of rotatable bonds is 3. The number of aryl methyl sites for hydroxylation is 1. The third-order valence-electron chi connectivity index (χ3n) is 3.39. The molecule has 1 aliphatic heterocycles. The van der Waals surface area contributed by atoms with Crippen LogP contribution in [0.4, 0.5) is 0 Å². The normalized spacial score (nSPS) is 15.4. The first kappa shape index (κ1) is 13.7. The maximum atomic E-state index is 12.5. The van der Waals surface area contributed by atoms with Gasteiger partial charge in [0.05, 0.1) is 9.80 Å². The van der Waals surface area contributed by atoms with E-state index in [-0.39, 0.29) is 17.3 Å². The van der Waals surface area contributed by atoms with Gasteiger partial charge in [0.15, 0.2) is 0 Å². The summed E-state index contributed by atoms with van der Waals surface area (Å²) in [5.74, 6) is 0.648. The second-order valence-corrected chi connectivity index (χ2v) is 6.83. The molecule has 1 N–H and O–H groups in total. The van der Waals surface area contributed by atoms with E-state index in [9.17, 15) is 13.5 Å². The Kier molecular flexibility index (Phi) is 3.22. The molecule has 0 spiro atoms. The van der Waals surface area contributed by atoms with Gasteiger partial charge in [0.25, 0.3) is 0 Å². The summed E-state index contributed by atoms with van der Waals surface area (Å²) in [6.45, 7) is 1.76. The largest absolute Gasteiger partial charge is 0.508 e. The van der Waals surface area contributed by atoms with Crippen molar-refractivity contribution in [3.05, 3.63) is 58.5 Å². The smallest absolute Gasteiger partial charge is 0.207 e. The summed E-state index contributed by atoms with van der Waals surface area (Å²) in [5.41, 5.74) is 1.45. The van der Waals surface area contributed by atoms with Crippen LogP contribution in [0.1, 0.15) is 11.1 Å². The summed E-state index contributed by atoms with van der Waals surface area (Å²) in [6, 6.07) is 11.6. The zero-order valence-electron chi connectivity index (χ0n) is 11.4. The molecule has 0 atom stereocenters. The minimum Gasteiger partial charge on any atom is -0.508 e. The first-order chi connectivity index (χ1) is 9.98. The van der Waals surface area contributed by atoms with E-state index in [4.69, 9.17) is 4.74 Å². The molecule has 1 aliphatic rings. The predicted molar refractivity (Wildman–Crippen MR) is 79.9 cm³/mol. The number of ether oxygens (including phenoxy) is 1. The lowest BCUT2D eigenvalue weighted by Crippen LogP contribution is -2.09. The van der Waals surface area contributed by atoms with Crippen LogP contribution in [0.25, 0.3) is 6.08 Å². The fourth-order valence-electron chi connectivity index (χ4n) is 2.35. The highest BCUT2D eigenvalue weighted by atomic mass is 32.2. The van der Waals surface area contributed by atoms with Gasteiger partial charge < -0.3 is 9.84 Å².